The maximum absolute atomic E-state index is 13.7. The molecular formula is C17H15F3N4S. The molecule has 0 saturated carbocycles. The van der Waals surface area contributed by atoms with Crippen LogP contribution in [0, 0.1) is 5.92 Å². The number of halogens is 3. The van der Waals surface area contributed by atoms with E-state index in [2.05, 4.69) is 15.1 Å². The van der Waals surface area contributed by atoms with Crippen molar-refractivity contribution >= 4 is 11.3 Å². The Kier molecular flexibility index (Phi) is 3.87. The maximum Gasteiger partial charge on any atom is 0.433 e. The van der Waals surface area contributed by atoms with Crippen LogP contribution in [0.4, 0.5) is 13.2 Å². The van der Waals surface area contributed by atoms with E-state index >= 15 is 0 Å². The highest BCUT2D eigenvalue weighted by molar-refractivity contribution is 7.12. The van der Waals surface area contributed by atoms with Gasteiger partial charge in [-0.15, -0.1) is 11.3 Å². The smallest absolute Gasteiger partial charge is 0.265 e. The third-order valence-electron chi connectivity index (χ3n) is 4.41. The number of hydrogen-bond acceptors (Lipinski definition) is 4. The fourth-order valence-electron chi connectivity index (χ4n) is 3.19. The van der Waals surface area contributed by atoms with Gasteiger partial charge in [0.05, 0.1) is 11.4 Å². The van der Waals surface area contributed by atoms with E-state index in [1.807, 2.05) is 6.92 Å². The molecule has 3 heterocycles. The summed E-state index contributed by atoms with van der Waals surface area (Å²) in [6.45, 7) is 1.98. The molecule has 3 aromatic rings. The molecule has 0 saturated heterocycles. The third kappa shape index (κ3) is 2.95. The van der Waals surface area contributed by atoms with Crippen LogP contribution in [0.2, 0.25) is 0 Å². The molecule has 4 nitrogen and oxygen atoms in total. The number of aromatic nitrogens is 4. The van der Waals surface area contributed by atoms with Gasteiger partial charge in [-0.2, -0.15) is 18.3 Å². The minimum absolute atomic E-state index is 0.231. The second kappa shape index (κ2) is 5.94. The van der Waals surface area contributed by atoms with Crippen LogP contribution in [0.5, 0.6) is 0 Å². The minimum atomic E-state index is -4.46. The second-order valence-electron chi connectivity index (χ2n) is 6.28. The molecule has 25 heavy (non-hydrogen) atoms. The zero-order chi connectivity index (χ0) is 17.6. The standard InChI is InChI=1S/C17H15F3N4S/c1-10-2-3-13-12(8-10)15(17(18,19)20)24(23-13)16-22-14(9-25-16)11-4-6-21-7-5-11/h4-7,9-10H,2-3,8H2,1H3. The average molecular weight is 364 g/mol. The maximum atomic E-state index is 13.7. The lowest BCUT2D eigenvalue weighted by atomic mass is 9.87. The quantitative estimate of drug-likeness (QED) is 0.671. The van der Waals surface area contributed by atoms with E-state index in [4.69, 9.17) is 0 Å². The molecule has 0 aliphatic heterocycles. The number of fused-ring (bicyclic) bond motifs is 1. The molecule has 0 N–H and O–H groups in total. The first-order chi connectivity index (χ1) is 11.9. The van der Waals surface area contributed by atoms with Gasteiger partial charge in [0.1, 0.15) is 0 Å². The Morgan fingerprint density at radius 3 is 2.72 bits per heavy atom. The Morgan fingerprint density at radius 1 is 1.24 bits per heavy atom. The van der Waals surface area contributed by atoms with Crippen LogP contribution >= 0.6 is 11.3 Å². The van der Waals surface area contributed by atoms with E-state index in [0.29, 0.717) is 29.8 Å². The van der Waals surface area contributed by atoms with Gasteiger partial charge in [0.2, 0.25) is 5.13 Å². The highest BCUT2D eigenvalue weighted by atomic mass is 32.1. The first-order valence-corrected chi connectivity index (χ1v) is 8.85. The molecule has 0 aromatic carbocycles. The highest BCUT2D eigenvalue weighted by Crippen LogP contribution is 2.39. The van der Waals surface area contributed by atoms with E-state index in [-0.39, 0.29) is 11.0 Å². The van der Waals surface area contributed by atoms with Gasteiger partial charge in [0.25, 0.3) is 0 Å². The lowest BCUT2D eigenvalue weighted by molar-refractivity contribution is -0.143. The van der Waals surface area contributed by atoms with Crippen molar-refractivity contribution in [1.29, 1.82) is 0 Å². The molecule has 4 rings (SSSR count). The van der Waals surface area contributed by atoms with Crippen molar-refractivity contribution in [2.75, 3.05) is 0 Å². The van der Waals surface area contributed by atoms with Gasteiger partial charge in [-0.05, 0) is 37.3 Å². The lowest BCUT2D eigenvalue weighted by Crippen LogP contribution is -2.18. The number of pyridine rings is 1. The molecule has 1 aliphatic rings. The van der Waals surface area contributed by atoms with Gasteiger partial charge in [-0.25, -0.2) is 9.67 Å². The van der Waals surface area contributed by atoms with Crippen molar-refractivity contribution in [3.63, 3.8) is 0 Å². The summed E-state index contributed by atoms with van der Waals surface area (Å²) in [4.78, 5) is 8.32. The van der Waals surface area contributed by atoms with E-state index < -0.39 is 11.9 Å². The van der Waals surface area contributed by atoms with Crippen LogP contribution in [-0.2, 0) is 19.0 Å². The summed E-state index contributed by atoms with van der Waals surface area (Å²) in [6, 6.07) is 3.55. The summed E-state index contributed by atoms with van der Waals surface area (Å²) in [6.07, 6.45) is 0.649. The number of aryl methyl sites for hydroxylation is 1. The van der Waals surface area contributed by atoms with Crippen molar-refractivity contribution in [2.45, 2.75) is 32.4 Å². The Balaban J connectivity index is 1.82. The molecule has 8 heteroatoms. The second-order valence-corrected chi connectivity index (χ2v) is 7.12. The molecule has 1 atom stereocenters. The lowest BCUT2D eigenvalue weighted by Gasteiger charge is -2.18. The van der Waals surface area contributed by atoms with E-state index in [9.17, 15) is 13.2 Å². The van der Waals surface area contributed by atoms with Gasteiger partial charge in [-0.1, -0.05) is 6.92 Å². The third-order valence-corrected chi connectivity index (χ3v) is 5.23. The van der Waals surface area contributed by atoms with Crippen molar-refractivity contribution in [3.8, 4) is 16.4 Å². The molecule has 1 aliphatic carbocycles. The summed E-state index contributed by atoms with van der Waals surface area (Å²) < 4.78 is 42.1. The first kappa shape index (κ1) is 16.3. The molecular weight excluding hydrogens is 349 g/mol. The molecule has 130 valence electrons. The monoisotopic (exact) mass is 364 g/mol. The zero-order valence-corrected chi connectivity index (χ0v) is 14.2. The first-order valence-electron chi connectivity index (χ1n) is 7.97. The summed E-state index contributed by atoms with van der Waals surface area (Å²) in [5, 5.41) is 6.24. The van der Waals surface area contributed by atoms with Crippen molar-refractivity contribution in [1.82, 2.24) is 19.7 Å². The van der Waals surface area contributed by atoms with E-state index in [1.54, 1.807) is 29.9 Å². The van der Waals surface area contributed by atoms with Crippen LogP contribution in [0.25, 0.3) is 16.4 Å². The van der Waals surface area contributed by atoms with E-state index in [1.165, 1.54) is 0 Å². The van der Waals surface area contributed by atoms with Crippen molar-refractivity contribution < 1.29 is 13.2 Å². The topological polar surface area (TPSA) is 43.6 Å². The Morgan fingerprint density at radius 2 is 2.00 bits per heavy atom. The van der Waals surface area contributed by atoms with Crippen LogP contribution in [0.3, 0.4) is 0 Å². The predicted octanol–water partition coefficient (Wildman–Crippen LogP) is 4.53. The Hall–Kier alpha value is -2.22. The SMILES string of the molecule is CC1CCc2nn(-c3nc(-c4ccncc4)cs3)c(C(F)(F)F)c2C1. The van der Waals surface area contributed by atoms with Crippen LogP contribution < -0.4 is 0 Å². The Bertz CT molecular complexity index is 899. The average Bonchev–Trinajstić information content (AvgIpc) is 3.19. The van der Waals surface area contributed by atoms with Gasteiger partial charge < -0.3 is 0 Å². The van der Waals surface area contributed by atoms with Crippen LogP contribution in [0.1, 0.15) is 30.3 Å². The van der Waals surface area contributed by atoms with Gasteiger partial charge in [-0.3, -0.25) is 4.98 Å². The van der Waals surface area contributed by atoms with Gasteiger partial charge in [0, 0.05) is 28.9 Å². The molecule has 0 radical (unpaired) electrons. The van der Waals surface area contributed by atoms with Crippen LogP contribution in [0.15, 0.2) is 29.9 Å². The summed E-state index contributed by atoms with van der Waals surface area (Å²) in [5.41, 5.74) is 1.64. The number of rotatable bonds is 2. The molecule has 0 spiro atoms. The summed E-state index contributed by atoms with van der Waals surface area (Å²) in [5.74, 6) is 0.231. The van der Waals surface area contributed by atoms with Crippen LogP contribution in [-0.4, -0.2) is 19.7 Å². The van der Waals surface area contributed by atoms with Crippen molar-refractivity contribution in [2.24, 2.45) is 5.92 Å². The Labute approximate surface area is 146 Å². The predicted molar refractivity (Wildman–Crippen MR) is 88.7 cm³/mol. The fourth-order valence-corrected chi connectivity index (χ4v) is 3.98. The van der Waals surface area contributed by atoms with E-state index in [0.717, 1.165) is 28.0 Å². The van der Waals surface area contributed by atoms with Crippen molar-refractivity contribution in [3.05, 3.63) is 46.9 Å². The summed E-state index contributed by atoms with van der Waals surface area (Å²) >= 11 is 1.16. The molecule has 0 fully saturated rings. The fraction of sp³-hybridized carbons (Fsp3) is 0.353. The number of hydrogen-bond donors (Lipinski definition) is 0. The number of thiazole rings is 1. The minimum Gasteiger partial charge on any atom is -0.265 e. The van der Waals surface area contributed by atoms with Gasteiger partial charge in [0.15, 0.2) is 5.69 Å². The molecule has 0 bridgehead atoms. The largest absolute Gasteiger partial charge is 0.433 e. The highest BCUT2D eigenvalue weighted by Gasteiger charge is 2.42. The number of nitrogens with zero attached hydrogens (tertiary/aromatic N) is 4. The number of alkyl halides is 3. The molecule has 3 aromatic heterocycles. The zero-order valence-electron chi connectivity index (χ0n) is 13.4. The normalized spacial score (nSPS) is 17.5. The van der Waals surface area contributed by atoms with Gasteiger partial charge >= 0.3 is 6.18 Å². The molecule has 1 unspecified atom stereocenters. The summed E-state index contributed by atoms with van der Waals surface area (Å²) in [7, 11) is 0. The molecule has 0 amide bonds.